The Balaban J connectivity index is 1.45. The number of carbonyl (C=O) groups is 2. The average Bonchev–Trinajstić information content (AvgIpc) is 2.86. The molecule has 0 bridgehead atoms. The lowest BCUT2D eigenvalue weighted by Gasteiger charge is -2.08. The zero-order chi connectivity index (χ0) is 23.3. The summed E-state index contributed by atoms with van der Waals surface area (Å²) in [5.74, 6) is -0.752. The van der Waals surface area contributed by atoms with Gasteiger partial charge in [-0.2, -0.15) is 0 Å². The minimum absolute atomic E-state index is 0.0211. The monoisotopic (exact) mass is 460 g/mol. The average molecular weight is 460 g/mol. The quantitative estimate of drug-likeness (QED) is 0.316. The molecular weight excluding hydrogens is 444 g/mol. The zero-order valence-electron chi connectivity index (χ0n) is 17.0. The Bertz CT molecular complexity index is 1270. The van der Waals surface area contributed by atoms with Gasteiger partial charge in [-0.25, -0.2) is 18.0 Å². The largest absolute Gasteiger partial charge is 0.423 e. The van der Waals surface area contributed by atoms with Crippen LogP contribution in [0.15, 0.2) is 107 Å². The fraction of sp³-hybridized carbons (Fsp3) is 0. The van der Waals surface area contributed by atoms with Crippen molar-refractivity contribution in [3.8, 4) is 11.5 Å². The van der Waals surface area contributed by atoms with Crippen LogP contribution in [-0.2, 0) is 9.84 Å². The number of ether oxygens (including phenoxy) is 2. The molecule has 0 amide bonds. The third-order valence-corrected chi connectivity index (χ3v) is 6.31. The Morgan fingerprint density at radius 3 is 1.21 bits per heavy atom. The van der Waals surface area contributed by atoms with Gasteiger partial charge in [0.2, 0.25) is 9.84 Å². The van der Waals surface area contributed by atoms with Gasteiger partial charge in [-0.05, 0) is 72.8 Å². The van der Waals surface area contributed by atoms with Crippen molar-refractivity contribution in [2.45, 2.75) is 9.79 Å². The van der Waals surface area contributed by atoms with Crippen molar-refractivity contribution < 1.29 is 27.5 Å². The molecule has 2 heterocycles. The number of hydrogen-bond donors (Lipinski definition) is 0. The minimum atomic E-state index is -3.83. The Kier molecular flexibility index (Phi) is 6.23. The van der Waals surface area contributed by atoms with Crippen LogP contribution in [-0.4, -0.2) is 30.3 Å². The van der Waals surface area contributed by atoms with E-state index < -0.39 is 21.8 Å². The maximum atomic E-state index is 12.9. The van der Waals surface area contributed by atoms with Gasteiger partial charge < -0.3 is 9.47 Å². The Hall–Kier alpha value is -4.37. The first-order chi connectivity index (χ1) is 15.9. The Morgan fingerprint density at radius 1 is 0.545 bits per heavy atom. The summed E-state index contributed by atoms with van der Waals surface area (Å²) in [4.78, 5) is 31.9. The summed E-state index contributed by atoms with van der Waals surface area (Å²) in [6.07, 6.45) is 5.88. The predicted molar refractivity (Wildman–Crippen MR) is 117 cm³/mol. The van der Waals surface area contributed by atoms with Crippen LogP contribution in [0.1, 0.15) is 20.7 Å². The maximum Gasteiger partial charge on any atom is 0.343 e. The molecule has 0 aliphatic rings. The number of sulfone groups is 1. The summed E-state index contributed by atoms with van der Waals surface area (Å²) in [5, 5.41) is 0. The van der Waals surface area contributed by atoms with Crippen LogP contribution in [0.5, 0.6) is 11.5 Å². The molecule has 0 aliphatic heterocycles. The second kappa shape index (κ2) is 9.41. The van der Waals surface area contributed by atoms with Crippen molar-refractivity contribution in [2.75, 3.05) is 0 Å². The highest BCUT2D eigenvalue weighted by atomic mass is 32.2. The number of nitrogens with zero attached hydrogens (tertiary/aromatic N) is 2. The van der Waals surface area contributed by atoms with Crippen LogP contribution in [0, 0.1) is 0 Å². The molecule has 0 fully saturated rings. The van der Waals surface area contributed by atoms with E-state index in [1.54, 1.807) is 0 Å². The standard InChI is InChI=1S/C24H16N2O6S/c27-23(17-9-13-25-14-10-17)31-19-1-5-21(6-2-19)33(29,30)22-7-3-20(4-8-22)32-24(28)18-11-15-26-16-12-18/h1-16H. The van der Waals surface area contributed by atoms with Crippen LogP contribution in [0.3, 0.4) is 0 Å². The molecule has 0 spiro atoms. The van der Waals surface area contributed by atoms with Crippen LogP contribution in [0.25, 0.3) is 0 Å². The van der Waals surface area contributed by atoms with Crippen molar-refractivity contribution >= 4 is 21.8 Å². The summed E-state index contributed by atoms with van der Waals surface area (Å²) in [7, 11) is -3.83. The van der Waals surface area contributed by atoms with E-state index in [1.807, 2.05) is 0 Å². The van der Waals surface area contributed by atoms with Gasteiger partial charge in [0.05, 0.1) is 20.9 Å². The molecule has 0 N–H and O–H groups in total. The molecule has 4 rings (SSSR count). The summed E-state index contributed by atoms with van der Waals surface area (Å²) in [6.45, 7) is 0. The second-order valence-corrected chi connectivity index (χ2v) is 8.65. The molecule has 2 aromatic heterocycles. The number of esters is 2. The number of aromatic nitrogens is 2. The first-order valence-electron chi connectivity index (χ1n) is 9.63. The molecule has 0 saturated carbocycles. The van der Waals surface area contributed by atoms with Crippen LogP contribution < -0.4 is 9.47 Å². The summed E-state index contributed by atoms with van der Waals surface area (Å²) in [5.41, 5.74) is 0.651. The van der Waals surface area contributed by atoms with E-state index in [9.17, 15) is 18.0 Å². The fourth-order valence-electron chi connectivity index (χ4n) is 2.82. The molecule has 0 saturated heterocycles. The molecular formula is C24H16N2O6S. The first-order valence-corrected chi connectivity index (χ1v) is 11.1. The van der Waals surface area contributed by atoms with E-state index in [1.165, 1.54) is 97.6 Å². The molecule has 9 heteroatoms. The normalized spacial score (nSPS) is 10.9. The van der Waals surface area contributed by atoms with Gasteiger partial charge in [0, 0.05) is 24.8 Å². The molecule has 164 valence electrons. The van der Waals surface area contributed by atoms with Gasteiger partial charge >= 0.3 is 11.9 Å². The van der Waals surface area contributed by atoms with E-state index >= 15 is 0 Å². The molecule has 0 atom stereocenters. The lowest BCUT2D eigenvalue weighted by atomic mass is 10.3. The first kappa shape index (κ1) is 21.8. The Labute approximate surface area is 189 Å². The smallest absolute Gasteiger partial charge is 0.343 e. The van der Waals surface area contributed by atoms with E-state index in [0.717, 1.165) is 0 Å². The molecule has 2 aromatic carbocycles. The van der Waals surface area contributed by atoms with E-state index in [-0.39, 0.29) is 21.3 Å². The van der Waals surface area contributed by atoms with E-state index in [0.29, 0.717) is 11.1 Å². The van der Waals surface area contributed by atoms with Crippen molar-refractivity contribution in [1.82, 2.24) is 9.97 Å². The number of rotatable bonds is 6. The van der Waals surface area contributed by atoms with Crippen LogP contribution in [0.2, 0.25) is 0 Å². The van der Waals surface area contributed by atoms with Crippen LogP contribution >= 0.6 is 0 Å². The van der Waals surface area contributed by atoms with Crippen molar-refractivity contribution in [2.24, 2.45) is 0 Å². The number of hydrogen-bond acceptors (Lipinski definition) is 8. The maximum absolute atomic E-state index is 12.9. The van der Waals surface area contributed by atoms with Crippen molar-refractivity contribution in [3.63, 3.8) is 0 Å². The minimum Gasteiger partial charge on any atom is -0.423 e. The third-order valence-electron chi connectivity index (χ3n) is 4.52. The highest BCUT2D eigenvalue weighted by molar-refractivity contribution is 7.91. The lowest BCUT2D eigenvalue weighted by Crippen LogP contribution is -2.09. The van der Waals surface area contributed by atoms with Crippen molar-refractivity contribution in [1.29, 1.82) is 0 Å². The SMILES string of the molecule is O=C(Oc1ccc(S(=O)(=O)c2ccc(OC(=O)c3ccncc3)cc2)cc1)c1ccncc1. The Morgan fingerprint density at radius 2 is 0.879 bits per heavy atom. The predicted octanol–water partition coefficient (Wildman–Crippen LogP) is 3.75. The number of pyridine rings is 2. The number of benzene rings is 2. The summed E-state index contributed by atoms with van der Waals surface area (Å²) < 4.78 is 36.3. The lowest BCUT2D eigenvalue weighted by molar-refractivity contribution is 0.0725. The topological polar surface area (TPSA) is 113 Å². The van der Waals surface area contributed by atoms with Crippen molar-refractivity contribution in [3.05, 3.63) is 109 Å². The molecule has 33 heavy (non-hydrogen) atoms. The third kappa shape index (κ3) is 5.10. The van der Waals surface area contributed by atoms with Gasteiger partial charge in [0.15, 0.2) is 0 Å². The molecule has 4 aromatic rings. The van der Waals surface area contributed by atoms with E-state index in [4.69, 9.17) is 9.47 Å². The number of carbonyl (C=O) groups excluding carboxylic acids is 2. The van der Waals surface area contributed by atoms with Gasteiger partial charge in [0.25, 0.3) is 0 Å². The molecule has 0 unspecified atom stereocenters. The molecule has 0 aliphatic carbocycles. The molecule has 0 radical (unpaired) electrons. The van der Waals surface area contributed by atoms with Crippen LogP contribution in [0.4, 0.5) is 0 Å². The van der Waals surface area contributed by atoms with Gasteiger partial charge in [-0.3, -0.25) is 9.97 Å². The van der Waals surface area contributed by atoms with Gasteiger partial charge in [0.1, 0.15) is 11.5 Å². The van der Waals surface area contributed by atoms with Gasteiger partial charge in [-0.1, -0.05) is 0 Å². The van der Waals surface area contributed by atoms with E-state index in [2.05, 4.69) is 9.97 Å². The zero-order valence-corrected chi connectivity index (χ0v) is 17.8. The highest BCUT2D eigenvalue weighted by Crippen LogP contribution is 2.25. The highest BCUT2D eigenvalue weighted by Gasteiger charge is 2.19. The summed E-state index contributed by atoms with van der Waals surface area (Å²) in [6, 6.07) is 17.0. The summed E-state index contributed by atoms with van der Waals surface area (Å²) >= 11 is 0. The fourth-order valence-corrected chi connectivity index (χ4v) is 4.08. The molecule has 8 nitrogen and oxygen atoms in total. The second-order valence-electron chi connectivity index (χ2n) is 6.70. The van der Waals surface area contributed by atoms with Gasteiger partial charge in [-0.15, -0.1) is 0 Å².